The molecule has 0 spiro atoms. The first-order valence-corrected chi connectivity index (χ1v) is 16.0. The zero-order valence-electron chi connectivity index (χ0n) is 25.1. The molecule has 0 radical (unpaired) electrons. The van der Waals surface area contributed by atoms with E-state index in [0.717, 1.165) is 77.9 Å². The molecule has 0 aromatic heterocycles. The molecule has 2 heterocycles. The van der Waals surface area contributed by atoms with Crippen LogP contribution in [0.3, 0.4) is 0 Å². The van der Waals surface area contributed by atoms with Crippen LogP contribution in [0.15, 0.2) is 30.3 Å². The number of morpholine rings is 1. The number of likely N-dealkylation sites (tertiary alicyclic amines) is 1. The summed E-state index contributed by atoms with van der Waals surface area (Å²) in [5, 5.41) is 14.4. The summed E-state index contributed by atoms with van der Waals surface area (Å²) in [4.78, 5) is 34.8. The van der Waals surface area contributed by atoms with Crippen molar-refractivity contribution in [3.05, 3.63) is 35.9 Å². The highest BCUT2D eigenvalue weighted by atomic mass is 16.5. The van der Waals surface area contributed by atoms with Gasteiger partial charge >= 0.3 is 0 Å². The molecule has 2 amide bonds. The van der Waals surface area contributed by atoms with Crippen LogP contribution < -0.4 is 11.1 Å². The number of unbranched alkanes of at least 4 members (excludes halogenated alkanes) is 1. The number of nitrogens with zero attached hydrogens (tertiary/aromatic N) is 3. The predicted octanol–water partition coefficient (Wildman–Crippen LogP) is 2.37. The van der Waals surface area contributed by atoms with Crippen molar-refractivity contribution in [2.45, 2.75) is 88.9 Å². The third-order valence-corrected chi connectivity index (χ3v) is 9.48. The van der Waals surface area contributed by atoms with Gasteiger partial charge in [0.1, 0.15) is 11.6 Å². The quantitative estimate of drug-likeness (QED) is 0.333. The molecule has 3 fully saturated rings. The normalized spacial score (nSPS) is 22.1. The van der Waals surface area contributed by atoms with Crippen molar-refractivity contribution in [3.8, 4) is 0 Å². The molecule has 1 aromatic rings. The molecule has 9 heteroatoms. The Balaban J connectivity index is 1.51. The van der Waals surface area contributed by atoms with Gasteiger partial charge in [0.25, 0.3) is 0 Å². The lowest BCUT2D eigenvalue weighted by Crippen LogP contribution is -2.68. The van der Waals surface area contributed by atoms with Crippen molar-refractivity contribution < 1.29 is 19.4 Å². The molecule has 230 valence electrons. The number of hydrogen-bond acceptors (Lipinski definition) is 7. The van der Waals surface area contributed by atoms with Crippen LogP contribution in [0, 0.1) is 5.92 Å². The first-order chi connectivity index (χ1) is 19.9. The summed E-state index contributed by atoms with van der Waals surface area (Å²) in [5.41, 5.74) is 6.82. The van der Waals surface area contributed by atoms with Crippen LogP contribution in [0.1, 0.15) is 70.3 Å². The predicted molar refractivity (Wildman–Crippen MR) is 161 cm³/mol. The first-order valence-electron chi connectivity index (χ1n) is 16.0. The summed E-state index contributed by atoms with van der Waals surface area (Å²) in [6.07, 6.45) is 7.00. The average Bonchev–Trinajstić information content (AvgIpc) is 3.02. The Kier molecular flexibility index (Phi) is 12.4. The maximum Gasteiger partial charge on any atom is 0.246 e. The van der Waals surface area contributed by atoms with Gasteiger partial charge in [0.05, 0.1) is 19.3 Å². The van der Waals surface area contributed by atoms with Crippen molar-refractivity contribution in [1.29, 1.82) is 0 Å². The minimum absolute atomic E-state index is 0.0433. The molecule has 41 heavy (non-hydrogen) atoms. The Bertz CT molecular complexity index is 927. The topological polar surface area (TPSA) is 111 Å². The molecule has 1 saturated carbocycles. The van der Waals surface area contributed by atoms with Gasteiger partial charge in [0.15, 0.2) is 0 Å². The highest BCUT2D eigenvalue weighted by Gasteiger charge is 2.49. The van der Waals surface area contributed by atoms with Gasteiger partial charge in [0.2, 0.25) is 11.8 Å². The highest BCUT2D eigenvalue weighted by Crippen LogP contribution is 2.33. The van der Waals surface area contributed by atoms with Crippen molar-refractivity contribution in [1.82, 2.24) is 20.0 Å². The summed E-state index contributed by atoms with van der Waals surface area (Å²) in [7, 11) is 0. The maximum absolute atomic E-state index is 14.2. The standard InChI is InChI=1S/C32H53N5O4/c1-2-3-17-37(30(39)28(33)29(38)27-12-8-5-9-13-27)32(31(40)34-16-20-35-21-23-41-24-22-35)14-18-36(19-15-32)25-26-10-6-4-7-11-26/h4,6-7,10-11,27-29,38H,2-3,5,8-9,12-25,33H2,1H3,(H,34,40). The van der Waals surface area contributed by atoms with E-state index in [0.29, 0.717) is 39.0 Å². The van der Waals surface area contributed by atoms with Crippen LogP contribution in [0.4, 0.5) is 0 Å². The van der Waals surface area contributed by atoms with Gasteiger partial charge in [-0.05, 0) is 43.6 Å². The second-order valence-electron chi connectivity index (χ2n) is 12.3. The molecule has 0 bridgehead atoms. The Labute approximate surface area is 246 Å². The summed E-state index contributed by atoms with van der Waals surface area (Å²) in [5.74, 6) is -0.327. The summed E-state index contributed by atoms with van der Waals surface area (Å²) >= 11 is 0. The number of nitrogens with two attached hydrogens (primary N) is 1. The minimum atomic E-state index is -1.02. The van der Waals surface area contributed by atoms with Gasteiger partial charge in [-0.15, -0.1) is 0 Å². The number of benzene rings is 1. The van der Waals surface area contributed by atoms with Gasteiger partial charge in [0, 0.05) is 52.4 Å². The Morgan fingerprint density at radius 1 is 1.07 bits per heavy atom. The van der Waals surface area contributed by atoms with E-state index in [1.165, 1.54) is 12.0 Å². The number of carbonyl (C=O) groups excluding carboxylic acids is 2. The van der Waals surface area contributed by atoms with Crippen LogP contribution >= 0.6 is 0 Å². The first kappa shape index (κ1) is 31.9. The van der Waals surface area contributed by atoms with E-state index in [2.05, 4.69) is 46.3 Å². The zero-order chi connectivity index (χ0) is 29.1. The number of aliphatic hydroxyl groups is 1. The Morgan fingerprint density at radius 2 is 1.76 bits per heavy atom. The molecule has 2 saturated heterocycles. The van der Waals surface area contributed by atoms with Crippen LogP contribution in [-0.2, 0) is 20.9 Å². The van der Waals surface area contributed by atoms with E-state index in [4.69, 9.17) is 10.5 Å². The third-order valence-electron chi connectivity index (χ3n) is 9.48. The Hall–Kier alpha value is -2.04. The lowest BCUT2D eigenvalue weighted by atomic mass is 9.80. The van der Waals surface area contributed by atoms with Crippen molar-refractivity contribution in [3.63, 3.8) is 0 Å². The van der Waals surface area contributed by atoms with E-state index in [1.807, 2.05) is 6.07 Å². The fourth-order valence-corrected chi connectivity index (χ4v) is 6.81. The molecule has 9 nitrogen and oxygen atoms in total. The van der Waals surface area contributed by atoms with E-state index in [9.17, 15) is 14.7 Å². The molecule has 2 aliphatic heterocycles. The van der Waals surface area contributed by atoms with Gasteiger partial charge in [-0.1, -0.05) is 62.9 Å². The lowest BCUT2D eigenvalue weighted by molar-refractivity contribution is -0.155. The van der Waals surface area contributed by atoms with Crippen molar-refractivity contribution in [2.75, 3.05) is 59.0 Å². The maximum atomic E-state index is 14.2. The molecule has 4 rings (SSSR count). The smallest absolute Gasteiger partial charge is 0.246 e. The van der Waals surface area contributed by atoms with E-state index >= 15 is 0 Å². The molecule has 1 aromatic carbocycles. The van der Waals surface area contributed by atoms with Gasteiger partial charge < -0.3 is 25.8 Å². The highest BCUT2D eigenvalue weighted by molar-refractivity contribution is 5.93. The summed E-state index contributed by atoms with van der Waals surface area (Å²) in [6, 6.07) is 9.36. The number of carbonyl (C=O) groups is 2. The van der Waals surface area contributed by atoms with Crippen molar-refractivity contribution in [2.24, 2.45) is 11.7 Å². The van der Waals surface area contributed by atoms with Crippen LogP contribution in [0.25, 0.3) is 0 Å². The van der Waals surface area contributed by atoms with Gasteiger partial charge in [-0.25, -0.2) is 0 Å². The molecular weight excluding hydrogens is 518 g/mol. The summed E-state index contributed by atoms with van der Waals surface area (Å²) < 4.78 is 5.46. The molecule has 1 aliphatic carbocycles. The molecule has 2 atom stereocenters. The molecular formula is C32H53N5O4. The monoisotopic (exact) mass is 571 g/mol. The summed E-state index contributed by atoms with van der Waals surface area (Å²) in [6.45, 7) is 9.25. The van der Waals surface area contributed by atoms with E-state index in [-0.39, 0.29) is 17.7 Å². The fourth-order valence-electron chi connectivity index (χ4n) is 6.81. The number of hydrogen-bond donors (Lipinski definition) is 3. The van der Waals surface area contributed by atoms with Crippen molar-refractivity contribution >= 4 is 11.8 Å². The number of ether oxygens (including phenoxy) is 1. The number of piperidine rings is 1. The van der Waals surface area contributed by atoms with E-state index in [1.54, 1.807) is 4.90 Å². The number of aliphatic hydroxyl groups excluding tert-OH is 1. The Morgan fingerprint density at radius 3 is 2.41 bits per heavy atom. The molecule has 3 aliphatic rings. The second-order valence-corrected chi connectivity index (χ2v) is 12.3. The van der Waals surface area contributed by atoms with Crippen LogP contribution in [0.5, 0.6) is 0 Å². The average molecular weight is 572 g/mol. The SMILES string of the molecule is CCCCN(C(=O)C(N)C(O)C1CCCCC1)C1(C(=O)NCCN2CCOCC2)CCN(Cc2ccccc2)CC1. The number of rotatable bonds is 13. The minimum Gasteiger partial charge on any atom is -0.391 e. The van der Waals surface area contributed by atoms with E-state index < -0.39 is 17.7 Å². The van der Waals surface area contributed by atoms with Gasteiger partial charge in [-0.3, -0.25) is 19.4 Å². The largest absolute Gasteiger partial charge is 0.391 e. The lowest BCUT2D eigenvalue weighted by Gasteiger charge is -2.49. The second kappa shape index (κ2) is 16.0. The fraction of sp³-hybridized carbons (Fsp3) is 0.750. The third kappa shape index (κ3) is 8.51. The van der Waals surface area contributed by atoms with Crippen LogP contribution in [0.2, 0.25) is 0 Å². The molecule has 2 unspecified atom stereocenters. The molecule has 4 N–H and O–H groups in total. The number of amides is 2. The number of nitrogens with one attached hydrogen (secondary N) is 1. The van der Waals surface area contributed by atoms with Gasteiger partial charge in [-0.2, -0.15) is 0 Å². The zero-order valence-corrected chi connectivity index (χ0v) is 25.1. The van der Waals surface area contributed by atoms with Crippen LogP contribution in [-0.4, -0.2) is 108 Å².